The van der Waals surface area contributed by atoms with Crippen molar-refractivity contribution in [1.82, 2.24) is 0 Å². The Hall–Kier alpha value is 0.0800. The molecule has 5 heteroatoms. The largest absolute Gasteiger partial charge is 0.192 e. The molecular formula is C7H2BrCl2NS. The Morgan fingerprint density at radius 2 is 1.83 bits per heavy atom. The molecule has 0 spiro atoms. The first-order chi connectivity index (χ1) is 5.65. The first-order valence-electron chi connectivity index (χ1n) is 2.87. The van der Waals surface area contributed by atoms with Crippen molar-refractivity contribution in [3.63, 3.8) is 0 Å². The lowest BCUT2D eigenvalue weighted by Crippen LogP contribution is -1.72. The first kappa shape index (κ1) is 10.2. The minimum absolute atomic E-state index is 0.451. The minimum atomic E-state index is 0.451. The van der Waals surface area contributed by atoms with Crippen LogP contribution in [0.4, 0.5) is 5.69 Å². The zero-order valence-corrected chi connectivity index (χ0v) is 9.56. The predicted molar refractivity (Wildman–Crippen MR) is 58.8 cm³/mol. The van der Waals surface area contributed by atoms with Gasteiger partial charge in [-0.1, -0.05) is 39.1 Å². The van der Waals surface area contributed by atoms with E-state index in [-0.39, 0.29) is 0 Å². The van der Waals surface area contributed by atoms with E-state index in [1.54, 1.807) is 12.1 Å². The van der Waals surface area contributed by atoms with Gasteiger partial charge in [0.1, 0.15) is 5.69 Å². The monoisotopic (exact) mass is 281 g/mol. The van der Waals surface area contributed by atoms with Gasteiger partial charge in [-0.15, -0.1) is 0 Å². The summed E-state index contributed by atoms with van der Waals surface area (Å²) in [7, 11) is 0. The Bertz CT molecular complexity index is 337. The normalized spacial score (nSPS) is 9.25. The molecule has 62 valence electrons. The summed E-state index contributed by atoms with van der Waals surface area (Å²) < 4.78 is 0.806. The summed E-state index contributed by atoms with van der Waals surface area (Å²) in [6.45, 7) is 0. The van der Waals surface area contributed by atoms with Crippen molar-refractivity contribution in [1.29, 1.82) is 0 Å². The molecule has 0 aromatic heterocycles. The lowest BCUT2D eigenvalue weighted by molar-refractivity contribution is 1.53. The summed E-state index contributed by atoms with van der Waals surface area (Å²) >= 11 is 19.3. The Balaban J connectivity index is 3.37. The second-order valence-electron chi connectivity index (χ2n) is 1.92. The molecule has 0 saturated heterocycles. The van der Waals surface area contributed by atoms with E-state index in [1.807, 2.05) is 0 Å². The SMILES string of the molecule is S=C=Nc1c(Cl)cc(Br)cc1Cl. The third-order valence-corrected chi connectivity index (χ3v) is 2.26. The van der Waals surface area contributed by atoms with Crippen LogP contribution in [-0.2, 0) is 0 Å². The van der Waals surface area contributed by atoms with E-state index < -0.39 is 0 Å². The van der Waals surface area contributed by atoms with Gasteiger partial charge in [0.2, 0.25) is 0 Å². The van der Waals surface area contributed by atoms with Crippen LogP contribution in [0, 0.1) is 0 Å². The van der Waals surface area contributed by atoms with Crippen LogP contribution < -0.4 is 0 Å². The van der Waals surface area contributed by atoms with Crippen LogP contribution in [-0.4, -0.2) is 5.16 Å². The number of hydrogen-bond acceptors (Lipinski definition) is 2. The van der Waals surface area contributed by atoms with Crippen molar-refractivity contribution < 1.29 is 0 Å². The van der Waals surface area contributed by atoms with Gasteiger partial charge in [-0.05, 0) is 24.4 Å². The Morgan fingerprint density at radius 3 is 2.25 bits per heavy atom. The van der Waals surface area contributed by atoms with Gasteiger partial charge in [-0.3, -0.25) is 0 Å². The van der Waals surface area contributed by atoms with Gasteiger partial charge in [0.25, 0.3) is 0 Å². The molecule has 1 aromatic carbocycles. The molecule has 1 rings (SSSR count). The number of nitrogens with zero attached hydrogens (tertiary/aromatic N) is 1. The number of aliphatic imine (C=N–C) groups is 1. The van der Waals surface area contributed by atoms with Crippen molar-refractivity contribution in [2.75, 3.05) is 0 Å². The van der Waals surface area contributed by atoms with Crippen LogP contribution in [0.25, 0.3) is 0 Å². The summed E-state index contributed by atoms with van der Waals surface area (Å²) in [5, 5.41) is 3.11. The maximum atomic E-state index is 5.82. The molecule has 0 bridgehead atoms. The topological polar surface area (TPSA) is 12.4 Å². The van der Waals surface area contributed by atoms with Gasteiger partial charge < -0.3 is 0 Å². The lowest BCUT2D eigenvalue weighted by Gasteiger charge is -1.99. The summed E-state index contributed by atoms with van der Waals surface area (Å²) in [6, 6.07) is 3.39. The third kappa shape index (κ3) is 2.28. The molecule has 12 heavy (non-hydrogen) atoms. The van der Waals surface area contributed by atoms with E-state index in [9.17, 15) is 0 Å². The first-order valence-corrected chi connectivity index (χ1v) is 4.83. The van der Waals surface area contributed by atoms with Crippen molar-refractivity contribution in [3.8, 4) is 0 Å². The van der Waals surface area contributed by atoms with E-state index in [0.29, 0.717) is 15.7 Å². The molecular weight excluding hydrogens is 281 g/mol. The van der Waals surface area contributed by atoms with Gasteiger partial charge in [-0.25, -0.2) is 0 Å². The number of thiocarbonyl (C=S) groups is 1. The molecule has 0 radical (unpaired) electrons. The highest BCUT2D eigenvalue weighted by molar-refractivity contribution is 9.10. The fourth-order valence-corrected chi connectivity index (χ4v) is 2.07. The highest BCUT2D eigenvalue weighted by Crippen LogP contribution is 2.35. The van der Waals surface area contributed by atoms with Crippen molar-refractivity contribution in [3.05, 3.63) is 26.7 Å². The van der Waals surface area contributed by atoms with E-state index >= 15 is 0 Å². The fourth-order valence-electron chi connectivity index (χ4n) is 0.687. The molecule has 0 atom stereocenters. The molecule has 0 unspecified atom stereocenters. The molecule has 0 aliphatic rings. The molecule has 0 aliphatic heterocycles. The van der Waals surface area contributed by atoms with E-state index in [2.05, 4.69) is 38.3 Å². The summed E-state index contributed by atoms with van der Waals surface area (Å²) in [5.74, 6) is 0. The van der Waals surface area contributed by atoms with Gasteiger partial charge in [0.05, 0.1) is 15.2 Å². The Kier molecular flexibility index (Phi) is 3.69. The standard InChI is InChI=1S/C7H2BrCl2NS/c8-4-1-5(9)7(11-3-12)6(10)2-4/h1-2H. The fraction of sp³-hybridized carbons (Fsp3) is 0. The van der Waals surface area contributed by atoms with Crippen molar-refractivity contribution in [2.24, 2.45) is 4.99 Å². The molecule has 0 N–H and O–H groups in total. The lowest BCUT2D eigenvalue weighted by atomic mass is 10.3. The van der Waals surface area contributed by atoms with Crippen LogP contribution >= 0.6 is 51.3 Å². The number of rotatable bonds is 1. The van der Waals surface area contributed by atoms with E-state index in [1.165, 1.54) is 0 Å². The molecule has 0 aliphatic carbocycles. The average molecular weight is 283 g/mol. The Labute approximate surface area is 93.5 Å². The van der Waals surface area contributed by atoms with Gasteiger partial charge in [0, 0.05) is 4.47 Å². The third-order valence-electron chi connectivity index (χ3n) is 1.14. The number of isothiocyanates is 1. The van der Waals surface area contributed by atoms with Crippen LogP contribution in [0.3, 0.4) is 0 Å². The summed E-state index contributed by atoms with van der Waals surface area (Å²) in [4.78, 5) is 3.73. The molecule has 1 nitrogen and oxygen atoms in total. The zero-order chi connectivity index (χ0) is 9.14. The van der Waals surface area contributed by atoms with Crippen LogP contribution in [0.5, 0.6) is 0 Å². The molecule has 0 heterocycles. The summed E-state index contributed by atoms with van der Waals surface area (Å²) in [6.07, 6.45) is 0. The number of halogens is 3. The molecule has 0 fully saturated rings. The highest BCUT2D eigenvalue weighted by Gasteiger charge is 2.05. The van der Waals surface area contributed by atoms with E-state index in [0.717, 1.165) is 4.47 Å². The van der Waals surface area contributed by atoms with Crippen LogP contribution in [0.1, 0.15) is 0 Å². The molecule has 0 amide bonds. The highest BCUT2D eigenvalue weighted by atomic mass is 79.9. The van der Waals surface area contributed by atoms with Crippen LogP contribution in [0.15, 0.2) is 21.6 Å². The van der Waals surface area contributed by atoms with Crippen molar-refractivity contribution in [2.45, 2.75) is 0 Å². The maximum absolute atomic E-state index is 5.82. The molecule has 0 saturated carbocycles. The van der Waals surface area contributed by atoms with Crippen molar-refractivity contribution >= 4 is 62.2 Å². The quantitative estimate of drug-likeness (QED) is 0.546. The number of benzene rings is 1. The second kappa shape index (κ2) is 4.35. The molecule has 1 aromatic rings. The maximum Gasteiger partial charge on any atom is 0.111 e. The van der Waals surface area contributed by atoms with Crippen LogP contribution in [0.2, 0.25) is 10.0 Å². The zero-order valence-electron chi connectivity index (χ0n) is 5.64. The summed E-state index contributed by atoms with van der Waals surface area (Å²) in [5.41, 5.74) is 0.455. The van der Waals surface area contributed by atoms with Gasteiger partial charge in [-0.2, -0.15) is 4.99 Å². The Morgan fingerprint density at radius 1 is 1.33 bits per heavy atom. The second-order valence-corrected chi connectivity index (χ2v) is 3.83. The minimum Gasteiger partial charge on any atom is -0.192 e. The number of hydrogen-bond donors (Lipinski definition) is 0. The van der Waals surface area contributed by atoms with Gasteiger partial charge >= 0.3 is 0 Å². The van der Waals surface area contributed by atoms with E-state index in [4.69, 9.17) is 23.2 Å². The van der Waals surface area contributed by atoms with Gasteiger partial charge in [0.15, 0.2) is 0 Å². The predicted octanol–water partition coefficient (Wildman–Crippen LogP) is 4.49. The smallest absolute Gasteiger partial charge is 0.111 e. The average Bonchev–Trinajstić information content (AvgIpc) is 1.96.